The topological polar surface area (TPSA) is 75.2 Å². The molecule has 0 fully saturated rings. The zero-order valence-corrected chi connectivity index (χ0v) is 10.8. The number of rotatable bonds is 3. The van der Waals surface area contributed by atoms with Crippen LogP contribution in [0.5, 0.6) is 5.75 Å². The van der Waals surface area contributed by atoms with Crippen LogP contribution in [-0.2, 0) is 0 Å². The summed E-state index contributed by atoms with van der Waals surface area (Å²) in [4.78, 5) is 17.7. The molecule has 2 N–H and O–H groups in total. The largest absolute Gasteiger partial charge is 0.497 e. The van der Waals surface area contributed by atoms with Gasteiger partial charge in [0.05, 0.1) is 13.3 Å². The molecule has 5 nitrogen and oxygen atoms in total. The molecule has 20 heavy (non-hydrogen) atoms. The second-order valence-electron chi connectivity index (χ2n) is 4.38. The fourth-order valence-electron chi connectivity index (χ4n) is 2.07. The van der Waals surface area contributed by atoms with Crippen LogP contribution in [-0.4, -0.2) is 28.2 Å². The van der Waals surface area contributed by atoms with Gasteiger partial charge >= 0.3 is 5.97 Å². The van der Waals surface area contributed by atoms with Gasteiger partial charge in [0.2, 0.25) is 0 Å². The van der Waals surface area contributed by atoms with Gasteiger partial charge in [-0.2, -0.15) is 0 Å². The minimum Gasteiger partial charge on any atom is -0.497 e. The van der Waals surface area contributed by atoms with E-state index in [1.54, 1.807) is 7.11 Å². The standard InChI is InChI=1S/C15H12N2O3/c1-20-12-5-4-9-6-11(3-2-10(9)7-12)14-16-8-13(17-14)15(18)19/h2-8H,1H3,(H,16,17)(H,18,19). The molecule has 2 aromatic carbocycles. The molecule has 100 valence electrons. The maximum absolute atomic E-state index is 10.8. The number of benzene rings is 2. The van der Waals surface area contributed by atoms with Gasteiger partial charge in [-0.25, -0.2) is 9.78 Å². The van der Waals surface area contributed by atoms with Crippen molar-refractivity contribution in [3.05, 3.63) is 48.3 Å². The van der Waals surface area contributed by atoms with Crippen LogP contribution >= 0.6 is 0 Å². The molecule has 0 saturated carbocycles. The van der Waals surface area contributed by atoms with Crippen molar-refractivity contribution in [3.63, 3.8) is 0 Å². The first-order chi connectivity index (χ1) is 9.67. The molecule has 0 radical (unpaired) electrons. The molecule has 5 heteroatoms. The first kappa shape index (κ1) is 12.2. The highest BCUT2D eigenvalue weighted by Crippen LogP contribution is 2.25. The van der Waals surface area contributed by atoms with Crippen molar-refractivity contribution in [1.82, 2.24) is 9.97 Å². The van der Waals surface area contributed by atoms with Crippen molar-refractivity contribution in [1.29, 1.82) is 0 Å². The molecule has 0 saturated heterocycles. The Morgan fingerprint density at radius 2 is 1.95 bits per heavy atom. The lowest BCUT2D eigenvalue weighted by Crippen LogP contribution is -1.95. The molecule has 0 unspecified atom stereocenters. The number of aromatic carboxylic acids is 1. The molecular weight excluding hydrogens is 256 g/mol. The lowest BCUT2D eigenvalue weighted by atomic mass is 10.1. The third-order valence-electron chi connectivity index (χ3n) is 3.13. The van der Waals surface area contributed by atoms with E-state index in [0.717, 1.165) is 22.1 Å². The zero-order valence-electron chi connectivity index (χ0n) is 10.8. The minimum absolute atomic E-state index is 0.0785. The smallest absolute Gasteiger partial charge is 0.353 e. The molecule has 1 aromatic heterocycles. The van der Waals surface area contributed by atoms with Gasteiger partial charge in [-0.1, -0.05) is 18.2 Å². The summed E-state index contributed by atoms with van der Waals surface area (Å²) < 4.78 is 5.18. The number of hydrogen-bond acceptors (Lipinski definition) is 3. The van der Waals surface area contributed by atoms with E-state index in [0.29, 0.717) is 5.82 Å². The number of hydrogen-bond donors (Lipinski definition) is 2. The van der Waals surface area contributed by atoms with Crippen LogP contribution < -0.4 is 4.74 Å². The zero-order chi connectivity index (χ0) is 14.1. The van der Waals surface area contributed by atoms with Crippen LogP contribution in [0.3, 0.4) is 0 Å². The van der Waals surface area contributed by atoms with Gasteiger partial charge < -0.3 is 14.8 Å². The number of nitrogens with one attached hydrogen (secondary N) is 1. The number of carboxylic acid groups (broad SMARTS) is 1. The fourth-order valence-corrected chi connectivity index (χ4v) is 2.07. The summed E-state index contributed by atoms with van der Waals surface area (Å²) in [5, 5.41) is 11.0. The number of fused-ring (bicyclic) bond motifs is 1. The van der Waals surface area contributed by atoms with E-state index >= 15 is 0 Å². The van der Waals surface area contributed by atoms with Crippen molar-refractivity contribution in [2.45, 2.75) is 0 Å². The normalized spacial score (nSPS) is 10.7. The Balaban J connectivity index is 2.05. The van der Waals surface area contributed by atoms with Gasteiger partial charge in [0.25, 0.3) is 0 Å². The van der Waals surface area contributed by atoms with Crippen molar-refractivity contribution in [2.24, 2.45) is 0 Å². The first-order valence-corrected chi connectivity index (χ1v) is 6.04. The van der Waals surface area contributed by atoms with Gasteiger partial charge in [-0.3, -0.25) is 0 Å². The Morgan fingerprint density at radius 3 is 2.65 bits per heavy atom. The second-order valence-corrected chi connectivity index (χ2v) is 4.38. The van der Waals surface area contributed by atoms with E-state index in [9.17, 15) is 4.79 Å². The summed E-state index contributed by atoms with van der Waals surface area (Å²) in [6.07, 6.45) is 1.32. The van der Waals surface area contributed by atoms with Gasteiger partial charge in [0.15, 0.2) is 0 Å². The third-order valence-corrected chi connectivity index (χ3v) is 3.13. The summed E-state index contributed by atoms with van der Waals surface area (Å²) in [5.41, 5.74) is 0.921. The van der Waals surface area contributed by atoms with Crippen LogP contribution in [0.1, 0.15) is 10.5 Å². The van der Waals surface area contributed by atoms with Crippen LogP contribution in [0.2, 0.25) is 0 Å². The summed E-state index contributed by atoms with van der Waals surface area (Å²) in [7, 11) is 1.63. The molecule has 0 aliphatic carbocycles. The van der Waals surface area contributed by atoms with Crippen molar-refractivity contribution >= 4 is 16.7 Å². The quantitative estimate of drug-likeness (QED) is 0.765. The van der Waals surface area contributed by atoms with E-state index < -0.39 is 5.97 Å². The average molecular weight is 268 g/mol. The Bertz CT molecular complexity index is 793. The molecular formula is C15H12N2O3. The van der Waals surface area contributed by atoms with Crippen molar-refractivity contribution < 1.29 is 14.6 Å². The average Bonchev–Trinajstić information content (AvgIpc) is 2.96. The number of carbonyl (C=O) groups is 1. The lowest BCUT2D eigenvalue weighted by Gasteiger charge is -2.04. The van der Waals surface area contributed by atoms with Crippen LogP contribution in [0.15, 0.2) is 42.6 Å². The highest BCUT2D eigenvalue weighted by atomic mass is 16.5. The monoisotopic (exact) mass is 268 g/mol. The van der Waals surface area contributed by atoms with E-state index in [-0.39, 0.29) is 5.69 Å². The van der Waals surface area contributed by atoms with Gasteiger partial charge in [0.1, 0.15) is 17.3 Å². The van der Waals surface area contributed by atoms with E-state index in [1.807, 2.05) is 36.4 Å². The Morgan fingerprint density at radius 1 is 1.20 bits per heavy atom. The predicted molar refractivity (Wildman–Crippen MR) is 75.0 cm³/mol. The highest BCUT2D eigenvalue weighted by Gasteiger charge is 2.09. The number of methoxy groups -OCH3 is 1. The second kappa shape index (κ2) is 4.70. The third kappa shape index (κ3) is 2.09. The summed E-state index contributed by atoms with van der Waals surface area (Å²) in [6.45, 7) is 0. The van der Waals surface area contributed by atoms with Crippen LogP contribution in [0.25, 0.3) is 22.2 Å². The first-order valence-electron chi connectivity index (χ1n) is 6.04. The lowest BCUT2D eigenvalue weighted by molar-refractivity contribution is 0.0691. The van der Waals surface area contributed by atoms with Crippen molar-refractivity contribution in [3.8, 4) is 17.1 Å². The van der Waals surface area contributed by atoms with E-state index in [2.05, 4.69) is 9.97 Å². The summed E-state index contributed by atoms with van der Waals surface area (Å²) in [6, 6.07) is 11.6. The molecule has 0 aliphatic rings. The Kier molecular flexibility index (Phi) is 2.87. The molecule has 0 bridgehead atoms. The molecule has 3 rings (SSSR count). The molecule has 0 aliphatic heterocycles. The van der Waals surface area contributed by atoms with Crippen molar-refractivity contribution in [2.75, 3.05) is 7.11 Å². The maximum atomic E-state index is 10.8. The predicted octanol–water partition coefficient (Wildman–Crippen LogP) is 2.94. The van der Waals surface area contributed by atoms with Gasteiger partial charge in [-0.15, -0.1) is 0 Å². The van der Waals surface area contributed by atoms with Gasteiger partial charge in [-0.05, 0) is 29.0 Å². The summed E-state index contributed by atoms with van der Waals surface area (Å²) in [5.74, 6) is 0.325. The number of nitrogens with zero attached hydrogens (tertiary/aromatic N) is 1. The Hall–Kier alpha value is -2.82. The number of carboxylic acids is 1. The van der Waals surface area contributed by atoms with Gasteiger partial charge in [0, 0.05) is 5.56 Å². The fraction of sp³-hybridized carbons (Fsp3) is 0.0667. The molecule has 1 heterocycles. The molecule has 0 amide bonds. The number of imidazole rings is 1. The van der Waals surface area contributed by atoms with Crippen LogP contribution in [0, 0.1) is 0 Å². The number of aromatic nitrogens is 2. The number of H-pyrrole nitrogens is 1. The maximum Gasteiger partial charge on any atom is 0.353 e. The number of ether oxygens (including phenoxy) is 1. The highest BCUT2D eigenvalue weighted by molar-refractivity contribution is 5.89. The molecule has 3 aromatic rings. The SMILES string of the molecule is COc1ccc2cc(-c3ncc(C(=O)O)[nH]3)ccc2c1. The van der Waals surface area contributed by atoms with E-state index in [1.165, 1.54) is 6.20 Å². The molecule has 0 spiro atoms. The molecule has 0 atom stereocenters. The van der Waals surface area contributed by atoms with E-state index in [4.69, 9.17) is 9.84 Å². The number of aromatic amines is 1. The van der Waals surface area contributed by atoms with Crippen LogP contribution in [0.4, 0.5) is 0 Å². The summed E-state index contributed by atoms with van der Waals surface area (Å²) >= 11 is 0. The Labute approximate surface area is 114 Å². The minimum atomic E-state index is -1.02.